The molecule has 0 amide bonds. The van der Waals surface area contributed by atoms with Crippen LogP contribution in [0.3, 0.4) is 0 Å². The largest absolute Gasteiger partial charge is 0.309 e. The van der Waals surface area contributed by atoms with Gasteiger partial charge in [-0.15, -0.1) is 23.2 Å². The summed E-state index contributed by atoms with van der Waals surface area (Å²) in [4.78, 5) is 0. The van der Waals surface area contributed by atoms with Gasteiger partial charge in [0.2, 0.25) is 0 Å². The van der Waals surface area contributed by atoms with Gasteiger partial charge in [-0.25, -0.2) is 0 Å². The van der Waals surface area contributed by atoms with E-state index in [0.29, 0.717) is 11.8 Å². The monoisotopic (exact) mass is 281 g/mol. The van der Waals surface area contributed by atoms with Gasteiger partial charge < -0.3 is 5.32 Å². The van der Waals surface area contributed by atoms with Crippen LogP contribution in [0.25, 0.3) is 0 Å². The van der Waals surface area contributed by atoms with E-state index in [-0.39, 0.29) is 5.54 Å². The molecule has 0 radical (unpaired) electrons. The van der Waals surface area contributed by atoms with Crippen molar-refractivity contribution in [2.24, 2.45) is 0 Å². The Bertz CT molecular complexity index is 158. The van der Waals surface area contributed by atoms with Crippen molar-refractivity contribution in [3.8, 4) is 0 Å². The molecule has 0 unspecified atom stereocenters. The molecule has 0 saturated heterocycles. The lowest BCUT2D eigenvalue weighted by molar-refractivity contribution is 0.424. The van der Waals surface area contributed by atoms with Crippen molar-refractivity contribution in [2.75, 3.05) is 18.3 Å². The van der Waals surface area contributed by atoms with Gasteiger partial charge in [0.05, 0.1) is 0 Å². The average Bonchev–Trinajstić information content (AvgIpc) is 2.36. The molecule has 0 saturated carbocycles. The van der Waals surface area contributed by atoms with Crippen LogP contribution >= 0.6 is 23.2 Å². The van der Waals surface area contributed by atoms with Gasteiger partial charge in [-0.2, -0.15) is 0 Å². The van der Waals surface area contributed by atoms with Crippen molar-refractivity contribution >= 4 is 23.2 Å². The molecular weight excluding hydrogens is 253 g/mol. The molecule has 0 bridgehead atoms. The third-order valence-corrected chi connectivity index (χ3v) is 4.35. The highest BCUT2D eigenvalue weighted by Crippen LogP contribution is 2.10. The number of nitrogens with one attached hydrogen (secondary N) is 1. The Morgan fingerprint density at radius 3 is 1.76 bits per heavy atom. The lowest BCUT2D eigenvalue weighted by Crippen LogP contribution is -2.46. The zero-order valence-corrected chi connectivity index (χ0v) is 13.0. The Morgan fingerprint density at radius 2 is 1.29 bits per heavy atom. The van der Waals surface area contributed by atoms with Gasteiger partial charge in [0.25, 0.3) is 0 Å². The van der Waals surface area contributed by atoms with Gasteiger partial charge in [0.15, 0.2) is 0 Å². The van der Waals surface area contributed by atoms with Crippen LogP contribution in [-0.2, 0) is 0 Å². The zero-order valence-electron chi connectivity index (χ0n) is 11.5. The maximum Gasteiger partial charge on any atom is 0.0425 e. The minimum Gasteiger partial charge on any atom is -0.309 e. The van der Waals surface area contributed by atoms with Crippen LogP contribution in [0.1, 0.15) is 65.2 Å². The molecule has 0 aromatic heterocycles. The SMILES string of the molecule is CCCCCCCCCCNC(C)(CCl)CCl. The standard InChI is InChI=1S/C14H29Cl2N/c1-3-4-5-6-7-8-9-10-11-17-14(2,12-15)13-16/h17H,3-13H2,1-2H3. The first-order valence-electron chi connectivity index (χ1n) is 7.05. The Morgan fingerprint density at radius 1 is 0.824 bits per heavy atom. The molecule has 0 rings (SSSR count). The molecule has 1 N–H and O–H groups in total. The third kappa shape index (κ3) is 10.2. The van der Waals surface area contributed by atoms with E-state index >= 15 is 0 Å². The molecule has 0 aromatic carbocycles. The summed E-state index contributed by atoms with van der Waals surface area (Å²) in [7, 11) is 0. The Labute approximate surface area is 118 Å². The summed E-state index contributed by atoms with van der Waals surface area (Å²) < 4.78 is 0. The van der Waals surface area contributed by atoms with Gasteiger partial charge in [0, 0.05) is 17.3 Å². The Hall–Kier alpha value is 0.540. The summed E-state index contributed by atoms with van der Waals surface area (Å²) in [6, 6.07) is 0. The maximum atomic E-state index is 5.87. The third-order valence-electron chi connectivity index (χ3n) is 3.17. The van der Waals surface area contributed by atoms with Gasteiger partial charge >= 0.3 is 0 Å². The van der Waals surface area contributed by atoms with E-state index in [0.717, 1.165) is 6.54 Å². The molecule has 17 heavy (non-hydrogen) atoms. The average molecular weight is 282 g/mol. The first-order chi connectivity index (χ1) is 8.18. The molecule has 3 heteroatoms. The van der Waals surface area contributed by atoms with E-state index in [2.05, 4.69) is 19.2 Å². The van der Waals surface area contributed by atoms with Crippen LogP contribution in [0.2, 0.25) is 0 Å². The first kappa shape index (κ1) is 17.5. The molecule has 0 heterocycles. The van der Waals surface area contributed by atoms with Crippen LogP contribution in [0.15, 0.2) is 0 Å². The fraction of sp³-hybridized carbons (Fsp3) is 1.00. The molecule has 0 aliphatic heterocycles. The van der Waals surface area contributed by atoms with Crippen LogP contribution in [0.4, 0.5) is 0 Å². The van der Waals surface area contributed by atoms with E-state index in [1.54, 1.807) is 0 Å². The van der Waals surface area contributed by atoms with Crippen molar-refractivity contribution in [2.45, 2.75) is 70.8 Å². The predicted molar refractivity (Wildman–Crippen MR) is 80.5 cm³/mol. The van der Waals surface area contributed by atoms with Crippen molar-refractivity contribution in [3.05, 3.63) is 0 Å². The van der Waals surface area contributed by atoms with E-state index in [1.165, 1.54) is 51.4 Å². The Kier molecular flexibility index (Phi) is 12.0. The fourth-order valence-corrected chi connectivity index (χ4v) is 2.25. The van der Waals surface area contributed by atoms with Crippen molar-refractivity contribution in [1.82, 2.24) is 5.32 Å². The first-order valence-corrected chi connectivity index (χ1v) is 8.12. The second-order valence-corrected chi connectivity index (χ2v) is 5.76. The lowest BCUT2D eigenvalue weighted by atomic mass is 10.1. The summed E-state index contributed by atoms with van der Waals surface area (Å²) >= 11 is 11.7. The number of alkyl halides is 2. The Balaban J connectivity index is 3.23. The normalized spacial score (nSPS) is 12.0. The van der Waals surface area contributed by atoms with Crippen LogP contribution in [-0.4, -0.2) is 23.8 Å². The number of halogens is 2. The van der Waals surface area contributed by atoms with Crippen LogP contribution in [0, 0.1) is 0 Å². The summed E-state index contributed by atoms with van der Waals surface area (Å²) in [6.07, 6.45) is 10.8. The second kappa shape index (κ2) is 11.6. The maximum absolute atomic E-state index is 5.87. The minimum atomic E-state index is -0.0930. The molecule has 1 nitrogen and oxygen atoms in total. The summed E-state index contributed by atoms with van der Waals surface area (Å²) in [5.74, 6) is 1.15. The van der Waals surface area contributed by atoms with E-state index in [9.17, 15) is 0 Å². The minimum absolute atomic E-state index is 0.0930. The zero-order chi connectivity index (χ0) is 13.0. The molecule has 0 fully saturated rings. The number of hydrogen-bond donors (Lipinski definition) is 1. The smallest absolute Gasteiger partial charge is 0.0425 e. The molecule has 0 spiro atoms. The van der Waals surface area contributed by atoms with Crippen molar-refractivity contribution in [3.63, 3.8) is 0 Å². The lowest BCUT2D eigenvalue weighted by Gasteiger charge is -2.25. The molecular formula is C14H29Cl2N. The summed E-state index contributed by atoms with van der Waals surface area (Å²) in [5, 5.41) is 3.44. The van der Waals surface area contributed by atoms with E-state index < -0.39 is 0 Å². The summed E-state index contributed by atoms with van der Waals surface area (Å²) in [6.45, 7) is 5.37. The topological polar surface area (TPSA) is 12.0 Å². The molecule has 104 valence electrons. The molecule has 0 aromatic rings. The number of hydrogen-bond acceptors (Lipinski definition) is 1. The quantitative estimate of drug-likeness (QED) is 0.394. The predicted octanol–water partition coefficient (Wildman–Crippen LogP) is 4.95. The molecule has 0 aliphatic carbocycles. The number of rotatable bonds is 12. The summed E-state index contributed by atoms with van der Waals surface area (Å²) in [5.41, 5.74) is -0.0930. The second-order valence-electron chi connectivity index (χ2n) is 5.23. The highest BCUT2D eigenvalue weighted by Gasteiger charge is 2.20. The highest BCUT2D eigenvalue weighted by atomic mass is 35.5. The van der Waals surface area contributed by atoms with Gasteiger partial charge in [-0.1, -0.05) is 51.9 Å². The van der Waals surface area contributed by atoms with Gasteiger partial charge in [-0.3, -0.25) is 0 Å². The number of unbranched alkanes of at least 4 members (excludes halogenated alkanes) is 7. The van der Waals surface area contributed by atoms with Crippen LogP contribution in [0.5, 0.6) is 0 Å². The van der Waals surface area contributed by atoms with Gasteiger partial charge in [-0.05, 0) is 19.9 Å². The molecule has 0 aliphatic rings. The van der Waals surface area contributed by atoms with Crippen molar-refractivity contribution < 1.29 is 0 Å². The van der Waals surface area contributed by atoms with E-state index in [4.69, 9.17) is 23.2 Å². The molecule has 0 atom stereocenters. The fourth-order valence-electron chi connectivity index (χ4n) is 1.78. The highest BCUT2D eigenvalue weighted by molar-refractivity contribution is 6.22. The van der Waals surface area contributed by atoms with Crippen molar-refractivity contribution in [1.29, 1.82) is 0 Å². The van der Waals surface area contributed by atoms with Crippen LogP contribution < -0.4 is 5.32 Å². The van der Waals surface area contributed by atoms with Gasteiger partial charge in [0.1, 0.15) is 0 Å². The van der Waals surface area contributed by atoms with E-state index in [1.807, 2.05) is 0 Å².